The standard InChI is InChI=1S/C20H24ClFN4O/c1-3-26(4-2)20-24-12-15-9-13(6-8-18(15)25-20)19(27)23-11-14-5-7-16(22)10-17(14)21/h5,7,10,12-13H,3-4,6,8-9,11H2,1-2H3,(H,23,27)/t13-/m0/s1. The second-order valence-corrected chi connectivity index (χ2v) is 7.11. The van der Waals surface area contributed by atoms with Crippen LogP contribution in [-0.4, -0.2) is 29.0 Å². The smallest absolute Gasteiger partial charge is 0.225 e. The van der Waals surface area contributed by atoms with E-state index >= 15 is 0 Å². The molecule has 2 aromatic rings. The number of rotatable bonds is 6. The molecular formula is C20H24ClFN4O. The Morgan fingerprint density at radius 3 is 2.85 bits per heavy atom. The van der Waals surface area contributed by atoms with Crippen molar-refractivity contribution in [2.24, 2.45) is 5.92 Å². The number of halogens is 2. The van der Waals surface area contributed by atoms with Gasteiger partial charge in [-0.1, -0.05) is 17.7 Å². The normalized spacial score (nSPS) is 15.9. The number of hydrogen-bond donors (Lipinski definition) is 1. The lowest BCUT2D eigenvalue weighted by molar-refractivity contribution is -0.125. The number of hydrogen-bond acceptors (Lipinski definition) is 4. The van der Waals surface area contributed by atoms with E-state index in [1.807, 2.05) is 6.20 Å². The van der Waals surface area contributed by atoms with Gasteiger partial charge in [0, 0.05) is 42.5 Å². The van der Waals surface area contributed by atoms with E-state index in [2.05, 4.69) is 29.0 Å². The molecule has 1 amide bonds. The maximum atomic E-state index is 13.1. The van der Waals surface area contributed by atoms with Gasteiger partial charge in [0.05, 0.1) is 0 Å². The summed E-state index contributed by atoms with van der Waals surface area (Å²) < 4.78 is 13.1. The first-order chi connectivity index (χ1) is 13.0. The average Bonchev–Trinajstić information content (AvgIpc) is 2.67. The maximum Gasteiger partial charge on any atom is 0.225 e. The van der Waals surface area contributed by atoms with Gasteiger partial charge in [-0.15, -0.1) is 0 Å². The van der Waals surface area contributed by atoms with Gasteiger partial charge in [0.25, 0.3) is 0 Å². The molecule has 0 aliphatic heterocycles. The minimum absolute atomic E-state index is 0.0196. The molecule has 0 saturated carbocycles. The molecule has 1 heterocycles. The van der Waals surface area contributed by atoms with E-state index in [4.69, 9.17) is 16.6 Å². The zero-order valence-electron chi connectivity index (χ0n) is 15.6. The van der Waals surface area contributed by atoms with Crippen LogP contribution in [0.2, 0.25) is 5.02 Å². The van der Waals surface area contributed by atoms with E-state index < -0.39 is 0 Å². The monoisotopic (exact) mass is 390 g/mol. The van der Waals surface area contributed by atoms with Gasteiger partial charge in [-0.2, -0.15) is 0 Å². The Morgan fingerprint density at radius 2 is 2.15 bits per heavy atom. The van der Waals surface area contributed by atoms with Gasteiger partial charge >= 0.3 is 0 Å². The second-order valence-electron chi connectivity index (χ2n) is 6.71. The molecule has 27 heavy (non-hydrogen) atoms. The average molecular weight is 391 g/mol. The third-order valence-corrected chi connectivity index (χ3v) is 5.37. The molecule has 1 aliphatic rings. The SMILES string of the molecule is CCN(CC)c1ncc2c(n1)CC[C@H](C(=O)NCc1ccc(F)cc1Cl)C2. The van der Waals surface area contributed by atoms with E-state index in [0.29, 0.717) is 23.6 Å². The zero-order chi connectivity index (χ0) is 19.4. The van der Waals surface area contributed by atoms with Crippen molar-refractivity contribution in [2.75, 3.05) is 18.0 Å². The first-order valence-corrected chi connectivity index (χ1v) is 9.71. The van der Waals surface area contributed by atoms with Crippen LogP contribution >= 0.6 is 11.6 Å². The van der Waals surface area contributed by atoms with E-state index in [-0.39, 0.29) is 17.6 Å². The van der Waals surface area contributed by atoms with Crippen molar-refractivity contribution in [1.82, 2.24) is 15.3 Å². The Balaban J connectivity index is 1.62. The van der Waals surface area contributed by atoms with E-state index in [9.17, 15) is 9.18 Å². The highest BCUT2D eigenvalue weighted by atomic mass is 35.5. The third kappa shape index (κ3) is 4.56. The van der Waals surface area contributed by atoms with Gasteiger partial charge in [-0.05, 0) is 56.4 Å². The third-order valence-electron chi connectivity index (χ3n) is 5.02. The zero-order valence-corrected chi connectivity index (χ0v) is 16.4. The first kappa shape index (κ1) is 19.5. The number of nitrogens with one attached hydrogen (secondary N) is 1. The molecule has 0 unspecified atom stereocenters. The quantitative estimate of drug-likeness (QED) is 0.819. The van der Waals surface area contributed by atoms with Crippen molar-refractivity contribution >= 4 is 23.5 Å². The molecule has 144 valence electrons. The fraction of sp³-hybridized carbons (Fsp3) is 0.450. The highest BCUT2D eigenvalue weighted by Crippen LogP contribution is 2.26. The largest absolute Gasteiger partial charge is 0.352 e. The molecule has 5 nitrogen and oxygen atoms in total. The Bertz CT molecular complexity index is 826. The van der Waals surface area contributed by atoms with Crippen LogP contribution in [0.25, 0.3) is 0 Å². The van der Waals surface area contributed by atoms with Crippen molar-refractivity contribution in [3.05, 3.63) is 52.1 Å². The lowest BCUT2D eigenvalue weighted by atomic mass is 9.86. The fourth-order valence-electron chi connectivity index (χ4n) is 3.37. The number of carbonyl (C=O) groups excluding carboxylic acids is 1. The van der Waals surface area contributed by atoms with Crippen molar-refractivity contribution in [3.8, 4) is 0 Å². The summed E-state index contributed by atoms with van der Waals surface area (Å²) in [4.78, 5) is 23.8. The Morgan fingerprint density at radius 1 is 1.37 bits per heavy atom. The molecule has 0 radical (unpaired) electrons. The van der Waals surface area contributed by atoms with E-state index in [1.165, 1.54) is 12.1 Å². The van der Waals surface area contributed by atoms with Crippen molar-refractivity contribution in [2.45, 2.75) is 39.7 Å². The number of benzene rings is 1. The van der Waals surface area contributed by atoms with Crippen LogP contribution in [-0.2, 0) is 24.2 Å². The number of nitrogens with zero attached hydrogens (tertiary/aromatic N) is 3. The summed E-state index contributed by atoms with van der Waals surface area (Å²) in [6, 6.07) is 4.19. The van der Waals surface area contributed by atoms with Crippen molar-refractivity contribution in [1.29, 1.82) is 0 Å². The van der Waals surface area contributed by atoms with Gasteiger partial charge in [0.15, 0.2) is 0 Å². The lowest BCUT2D eigenvalue weighted by Crippen LogP contribution is -2.34. The number of carbonyl (C=O) groups is 1. The number of aryl methyl sites for hydroxylation is 1. The van der Waals surface area contributed by atoms with Gasteiger partial charge in [-0.25, -0.2) is 14.4 Å². The molecule has 1 aromatic heterocycles. The first-order valence-electron chi connectivity index (χ1n) is 9.33. The van der Waals surface area contributed by atoms with Gasteiger partial charge in [0.2, 0.25) is 11.9 Å². The number of anilines is 1. The van der Waals surface area contributed by atoms with Crippen LogP contribution in [0, 0.1) is 11.7 Å². The molecule has 0 spiro atoms. The fourth-order valence-corrected chi connectivity index (χ4v) is 3.61. The molecular weight excluding hydrogens is 367 g/mol. The van der Waals surface area contributed by atoms with Crippen molar-refractivity contribution in [3.63, 3.8) is 0 Å². The van der Waals surface area contributed by atoms with Crippen molar-refractivity contribution < 1.29 is 9.18 Å². The van der Waals surface area contributed by atoms with Crippen LogP contribution in [0.15, 0.2) is 24.4 Å². The molecule has 0 bridgehead atoms. The van der Waals surface area contributed by atoms with Crippen LogP contribution in [0.1, 0.15) is 37.1 Å². The molecule has 7 heteroatoms. The van der Waals surface area contributed by atoms with Gasteiger partial charge in [-0.3, -0.25) is 4.79 Å². The summed E-state index contributed by atoms with van der Waals surface area (Å²) in [7, 11) is 0. The molecule has 1 aromatic carbocycles. The second kappa shape index (κ2) is 8.65. The summed E-state index contributed by atoms with van der Waals surface area (Å²) in [5.74, 6) is 0.240. The highest BCUT2D eigenvalue weighted by molar-refractivity contribution is 6.31. The summed E-state index contributed by atoms with van der Waals surface area (Å²) in [5, 5.41) is 3.23. The molecule has 1 atom stereocenters. The topological polar surface area (TPSA) is 58.1 Å². The minimum Gasteiger partial charge on any atom is -0.352 e. The number of aromatic nitrogens is 2. The van der Waals surface area contributed by atoms with Gasteiger partial charge < -0.3 is 10.2 Å². The predicted molar refractivity (Wildman–Crippen MR) is 104 cm³/mol. The Kier molecular flexibility index (Phi) is 6.26. The summed E-state index contributed by atoms with van der Waals surface area (Å²) in [6.45, 7) is 6.19. The molecule has 0 saturated heterocycles. The van der Waals surface area contributed by atoms with Crippen LogP contribution in [0.5, 0.6) is 0 Å². The number of amides is 1. The molecule has 0 fully saturated rings. The van der Waals surface area contributed by atoms with Crippen LogP contribution < -0.4 is 10.2 Å². The summed E-state index contributed by atoms with van der Waals surface area (Å²) in [5.41, 5.74) is 2.78. The van der Waals surface area contributed by atoms with Crippen LogP contribution in [0.4, 0.5) is 10.3 Å². The minimum atomic E-state index is -0.386. The van der Waals surface area contributed by atoms with E-state index in [0.717, 1.165) is 43.1 Å². The molecule has 3 rings (SSSR count). The maximum absolute atomic E-state index is 13.1. The number of fused-ring (bicyclic) bond motifs is 1. The van der Waals surface area contributed by atoms with E-state index in [1.54, 1.807) is 6.07 Å². The summed E-state index contributed by atoms with van der Waals surface area (Å²) in [6.07, 6.45) is 4.01. The Hall–Kier alpha value is -2.21. The molecule has 1 N–H and O–H groups in total. The summed E-state index contributed by atoms with van der Waals surface area (Å²) >= 11 is 6.02. The van der Waals surface area contributed by atoms with Gasteiger partial charge in [0.1, 0.15) is 5.82 Å². The van der Waals surface area contributed by atoms with Crippen LogP contribution in [0.3, 0.4) is 0 Å². The highest BCUT2D eigenvalue weighted by Gasteiger charge is 2.26. The lowest BCUT2D eigenvalue weighted by Gasteiger charge is -2.25. The Labute approximate surface area is 164 Å². The molecule has 1 aliphatic carbocycles. The predicted octanol–water partition coefficient (Wildman–Crippen LogP) is 3.54.